The number of halogens is 1. The van der Waals surface area contributed by atoms with Crippen LogP contribution in [0.2, 0.25) is 0 Å². The van der Waals surface area contributed by atoms with E-state index < -0.39 is 0 Å². The lowest BCUT2D eigenvalue weighted by Gasteiger charge is -2.08. The van der Waals surface area contributed by atoms with Crippen molar-refractivity contribution < 1.29 is 9.53 Å². The van der Waals surface area contributed by atoms with Gasteiger partial charge in [0.25, 0.3) is 0 Å². The number of anilines is 2. The Morgan fingerprint density at radius 3 is 3.11 bits per heavy atom. The van der Waals surface area contributed by atoms with Crippen LogP contribution in [0.3, 0.4) is 0 Å². The first-order valence-electron chi connectivity index (χ1n) is 8.33. The van der Waals surface area contributed by atoms with E-state index in [0.717, 1.165) is 50.2 Å². The number of benzene rings is 1. The quantitative estimate of drug-likeness (QED) is 0.483. The van der Waals surface area contributed by atoms with Gasteiger partial charge >= 0.3 is 0 Å². The number of rotatable bonds is 7. The van der Waals surface area contributed by atoms with Crippen molar-refractivity contribution in [1.29, 1.82) is 0 Å². The zero-order valence-corrected chi connectivity index (χ0v) is 18.1. The molecule has 1 atom stereocenters. The van der Waals surface area contributed by atoms with E-state index in [2.05, 4.69) is 41.7 Å². The van der Waals surface area contributed by atoms with Crippen LogP contribution in [0.4, 0.5) is 10.3 Å². The molecule has 7 nitrogen and oxygen atoms in total. The van der Waals surface area contributed by atoms with Crippen LogP contribution in [0.5, 0.6) is 0 Å². The number of carbonyl (C=O) groups is 1. The first kappa shape index (κ1) is 19.1. The van der Waals surface area contributed by atoms with Gasteiger partial charge in [0.1, 0.15) is 0 Å². The molecular formula is C16H16BrN5O2S3. The standard InChI is InChI=1S/C16H16BrN5O2S3/c17-9-3-4-11-12(6-9)26-15(19-11)20-13(23)8-25-16-22-21-14(27-16)18-7-10-2-1-5-24-10/h3-4,6,10H,1-2,5,7-8H2,(H,18,21)(H,19,20,23). The van der Waals surface area contributed by atoms with Crippen molar-refractivity contribution in [1.82, 2.24) is 15.2 Å². The van der Waals surface area contributed by atoms with Crippen molar-refractivity contribution in [2.45, 2.75) is 23.3 Å². The van der Waals surface area contributed by atoms with Crippen LogP contribution in [0, 0.1) is 0 Å². The first-order valence-corrected chi connectivity index (χ1v) is 11.7. The van der Waals surface area contributed by atoms with Crippen LogP contribution in [0.25, 0.3) is 10.2 Å². The minimum Gasteiger partial charge on any atom is -0.376 e. The van der Waals surface area contributed by atoms with E-state index in [-0.39, 0.29) is 17.8 Å². The Morgan fingerprint density at radius 1 is 1.33 bits per heavy atom. The van der Waals surface area contributed by atoms with E-state index in [0.29, 0.717) is 5.13 Å². The third kappa shape index (κ3) is 5.17. The molecule has 0 radical (unpaired) electrons. The minimum atomic E-state index is -0.109. The van der Waals surface area contributed by atoms with Crippen molar-refractivity contribution in [3.8, 4) is 0 Å². The lowest BCUT2D eigenvalue weighted by Crippen LogP contribution is -2.18. The van der Waals surface area contributed by atoms with Gasteiger partial charge in [0, 0.05) is 17.6 Å². The Labute approximate surface area is 176 Å². The van der Waals surface area contributed by atoms with Crippen LogP contribution < -0.4 is 10.6 Å². The van der Waals surface area contributed by atoms with Crippen molar-refractivity contribution in [2.24, 2.45) is 0 Å². The smallest absolute Gasteiger partial charge is 0.236 e. The molecule has 1 aromatic carbocycles. The molecule has 11 heteroatoms. The predicted molar refractivity (Wildman–Crippen MR) is 114 cm³/mol. The van der Waals surface area contributed by atoms with Gasteiger partial charge in [-0.2, -0.15) is 0 Å². The van der Waals surface area contributed by atoms with Crippen LogP contribution in [0.15, 0.2) is 27.0 Å². The average Bonchev–Trinajstić information content (AvgIpc) is 3.38. The summed E-state index contributed by atoms with van der Waals surface area (Å²) in [6, 6.07) is 5.85. The third-order valence-electron chi connectivity index (χ3n) is 3.83. The third-order valence-corrected chi connectivity index (χ3v) is 7.28. The van der Waals surface area contributed by atoms with E-state index in [1.54, 1.807) is 0 Å². The molecule has 3 heterocycles. The molecule has 27 heavy (non-hydrogen) atoms. The average molecular weight is 486 g/mol. The summed E-state index contributed by atoms with van der Waals surface area (Å²) >= 11 is 7.71. The zero-order valence-electron chi connectivity index (χ0n) is 14.1. The Hall–Kier alpha value is -1.27. The highest BCUT2D eigenvalue weighted by Gasteiger charge is 2.16. The second-order valence-electron chi connectivity index (χ2n) is 5.86. The Bertz CT molecular complexity index is 941. The molecule has 1 fully saturated rings. The SMILES string of the molecule is O=C(CSc1nnc(NCC2CCCO2)s1)Nc1nc2ccc(Br)cc2s1. The fraction of sp³-hybridized carbons (Fsp3) is 0.375. The van der Waals surface area contributed by atoms with Crippen molar-refractivity contribution in [3.63, 3.8) is 0 Å². The number of hydrogen-bond donors (Lipinski definition) is 2. The molecule has 1 aliphatic heterocycles. The highest BCUT2D eigenvalue weighted by Crippen LogP contribution is 2.29. The van der Waals surface area contributed by atoms with E-state index >= 15 is 0 Å². The summed E-state index contributed by atoms with van der Waals surface area (Å²) in [6.07, 6.45) is 2.45. The number of amides is 1. The van der Waals surface area contributed by atoms with Crippen LogP contribution in [-0.2, 0) is 9.53 Å². The van der Waals surface area contributed by atoms with E-state index in [4.69, 9.17) is 4.74 Å². The summed E-state index contributed by atoms with van der Waals surface area (Å²) in [5.41, 5.74) is 0.872. The van der Waals surface area contributed by atoms with Gasteiger partial charge in [-0.3, -0.25) is 4.79 Å². The Kier molecular flexibility index (Phi) is 6.23. The number of nitrogens with zero attached hydrogens (tertiary/aromatic N) is 3. The maximum Gasteiger partial charge on any atom is 0.236 e. The van der Waals surface area contributed by atoms with Gasteiger partial charge in [-0.25, -0.2) is 4.98 Å². The van der Waals surface area contributed by atoms with E-state index in [9.17, 15) is 4.79 Å². The minimum absolute atomic E-state index is 0.109. The molecule has 142 valence electrons. The maximum absolute atomic E-state index is 12.2. The molecule has 1 aliphatic rings. The highest BCUT2D eigenvalue weighted by atomic mass is 79.9. The second-order valence-corrected chi connectivity index (χ2v) is 10.0. The molecule has 2 aromatic heterocycles. The van der Waals surface area contributed by atoms with Crippen molar-refractivity contribution >= 4 is 76.8 Å². The lowest BCUT2D eigenvalue weighted by atomic mass is 10.2. The number of fused-ring (bicyclic) bond motifs is 1. The van der Waals surface area contributed by atoms with Gasteiger partial charge in [-0.05, 0) is 31.0 Å². The monoisotopic (exact) mass is 485 g/mol. The number of carbonyl (C=O) groups excluding carboxylic acids is 1. The molecule has 0 saturated carbocycles. The van der Waals surface area contributed by atoms with Crippen LogP contribution >= 0.6 is 50.4 Å². The number of thiazole rings is 1. The second kappa shape index (κ2) is 8.82. The zero-order chi connectivity index (χ0) is 18.6. The van der Waals surface area contributed by atoms with Gasteiger partial charge in [-0.15, -0.1) is 10.2 Å². The number of hydrogen-bond acceptors (Lipinski definition) is 9. The van der Waals surface area contributed by atoms with Gasteiger partial charge in [0.2, 0.25) is 11.0 Å². The van der Waals surface area contributed by atoms with Gasteiger partial charge in [-0.1, -0.05) is 50.4 Å². The molecule has 2 N–H and O–H groups in total. The fourth-order valence-electron chi connectivity index (χ4n) is 2.58. The molecule has 0 spiro atoms. The summed E-state index contributed by atoms with van der Waals surface area (Å²) in [5.74, 6) is 0.155. The van der Waals surface area contributed by atoms with E-state index in [1.165, 1.54) is 34.4 Å². The molecule has 1 saturated heterocycles. The van der Waals surface area contributed by atoms with Gasteiger partial charge in [0.15, 0.2) is 9.47 Å². The fourth-order valence-corrected chi connectivity index (χ4v) is 5.57. The van der Waals surface area contributed by atoms with Crippen LogP contribution in [-0.4, -0.2) is 46.1 Å². The Balaban J connectivity index is 1.26. The number of nitrogens with one attached hydrogen (secondary N) is 2. The molecule has 1 amide bonds. The normalized spacial score (nSPS) is 16.7. The lowest BCUT2D eigenvalue weighted by molar-refractivity contribution is -0.113. The summed E-state index contributed by atoms with van der Waals surface area (Å²) in [4.78, 5) is 16.6. The van der Waals surface area contributed by atoms with Crippen LogP contribution in [0.1, 0.15) is 12.8 Å². The molecule has 3 aromatic rings. The maximum atomic E-state index is 12.2. The molecule has 1 unspecified atom stereocenters. The van der Waals surface area contributed by atoms with Crippen molar-refractivity contribution in [3.05, 3.63) is 22.7 Å². The van der Waals surface area contributed by atoms with Gasteiger partial charge in [0.05, 0.1) is 22.1 Å². The summed E-state index contributed by atoms with van der Waals surface area (Å²) in [6.45, 7) is 1.58. The number of ether oxygens (including phenoxy) is 1. The highest BCUT2D eigenvalue weighted by molar-refractivity contribution is 9.10. The topological polar surface area (TPSA) is 89.0 Å². The number of thioether (sulfide) groups is 1. The van der Waals surface area contributed by atoms with Gasteiger partial charge < -0.3 is 15.4 Å². The molecule has 0 aliphatic carbocycles. The summed E-state index contributed by atoms with van der Waals surface area (Å²) < 4.78 is 8.35. The number of aromatic nitrogens is 3. The van der Waals surface area contributed by atoms with Crippen molar-refractivity contribution in [2.75, 3.05) is 29.5 Å². The Morgan fingerprint density at radius 2 is 2.26 bits per heavy atom. The predicted octanol–water partition coefficient (Wildman–Crippen LogP) is 4.23. The summed E-state index contributed by atoms with van der Waals surface area (Å²) in [7, 11) is 0. The largest absolute Gasteiger partial charge is 0.376 e. The summed E-state index contributed by atoms with van der Waals surface area (Å²) in [5, 5.41) is 15.7. The molecular weight excluding hydrogens is 470 g/mol. The molecule has 0 bridgehead atoms. The molecule has 4 rings (SSSR count). The first-order chi connectivity index (χ1) is 13.2. The van der Waals surface area contributed by atoms with E-state index in [1.807, 2.05) is 18.2 Å².